The molecule has 2 heterocycles. The summed E-state index contributed by atoms with van der Waals surface area (Å²) in [5.41, 5.74) is 1.28. The standard InChI is InChI=1S/C19H23N5O4/c1-27-16-4-3-14(11-17(16)28-2)12-21-19-20-6-5-15(22-19)18(26)24-9-7-23(13-25)8-10-24/h3-6,11,13H,7-10,12H2,1-2H3,(H,20,21,22). The number of carbonyl (C=O) groups is 2. The number of benzene rings is 1. The van der Waals surface area contributed by atoms with Crippen LogP contribution in [0.2, 0.25) is 0 Å². The predicted molar refractivity (Wildman–Crippen MR) is 102 cm³/mol. The fraction of sp³-hybridized carbons (Fsp3) is 0.368. The number of methoxy groups -OCH3 is 2. The van der Waals surface area contributed by atoms with Gasteiger partial charge < -0.3 is 24.6 Å². The minimum absolute atomic E-state index is 0.165. The van der Waals surface area contributed by atoms with E-state index >= 15 is 0 Å². The number of piperazine rings is 1. The Kier molecular flexibility index (Phi) is 6.25. The average Bonchev–Trinajstić information content (AvgIpc) is 2.77. The van der Waals surface area contributed by atoms with E-state index in [1.807, 2.05) is 18.2 Å². The number of ether oxygens (including phenoxy) is 2. The smallest absolute Gasteiger partial charge is 0.272 e. The summed E-state index contributed by atoms with van der Waals surface area (Å²) >= 11 is 0. The third-order valence-electron chi connectivity index (χ3n) is 4.52. The van der Waals surface area contributed by atoms with Crippen molar-refractivity contribution in [3.05, 3.63) is 41.7 Å². The van der Waals surface area contributed by atoms with Crippen LogP contribution in [0.5, 0.6) is 11.5 Å². The van der Waals surface area contributed by atoms with Crippen molar-refractivity contribution in [2.75, 3.05) is 45.7 Å². The third-order valence-corrected chi connectivity index (χ3v) is 4.52. The van der Waals surface area contributed by atoms with Crippen molar-refractivity contribution < 1.29 is 19.1 Å². The summed E-state index contributed by atoms with van der Waals surface area (Å²) in [5.74, 6) is 1.50. The molecule has 2 aromatic rings. The summed E-state index contributed by atoms with van der Waals surface area (Å²) in [6.45, 7) is 2.53. The van der Waals surface area contributed by atoms with Crippen LogP contribution in [0.15, 0.2) is 30.5 Å². The first kappa shape index (κ1) is 19.4. The van der Waals surface area contributed by atoms with E-state index in [9.17, 15) is 9.59 Å². The second-order valence-corrected chi connectivity index (χ2v) is 6.24. The number of hydrogen-bond donors (Lipinski definition) is 1. The van der Waals surface area contributed by atoms with Crippen LogP contribution in [0, 0.1) is 0 Å². The first-order chi connectivity index (χ1) is 13.6. The Morgan fingerprint density at radius 3 is 2.57 bits per heavy atom. The molecular formula is C19H23N5O4. The molecule has 0 bridgehead atoms. The van der Waals surface area contributed by atoms with Crippen molar-refractivity contribution >= 4 is 18.3 Å². The summed E-state index contributed by atoms with van der Waals surface area (Å²) < 4.78 is 10.5. The molecule has 0 spiro atoms. The number of carbonyl (C=O) groups excluding carboxylic acids is 2. The van der Waals surface area contributed by atoms with E-state index in [1.165, 1.54) is 0 Å². The molecule has 1 aromatic heterocycles. The van der Waals surface area contributed by atoms with Crippen molar-refractivity contribution in [2.24, 2.45) is 0 Å². The second-order valence-electron chi connectivity index (χ2n) is 6.24. The first-order valence-electron chi connectivity index (χ1n) is 8.91. The highest BCUT2D eigenvalue weighted by atomic mass is 16.5. The molecule has 0 saturated carbocycles. The van der Waals surface area contributed by atoms with E-state index in [0.29, 0.717) is 55.9 Å². The molecule has 0 radical (unpaired) electrons. The fourth-order valence-electron chi connectivity index (χ4n) is 2.93. The van der Waals surface area contributed by atoms with E-state index < -0.39 is 0 Å². The van der Waals surface area contributed by atoms with Crippen LogP contribution in [0.4, 0.5) is 5.95 Å². The second kappa shape index (κ2) is 9.03. The van der Waals surface area contributed by atoms with Gasteiger partial charge in [0.1, 0.15) is 5.69 Å². The Labute approximate surface area is 163 Å². The zero-order valence-corrected chi connectivity index (χ0v) is 15.9. The van der Waals surface area contributed by atoms with Crippen LogP contribution < -0.4 is 14.8 Å². The van der Waals surface area contributed by atoms with Gasteiger partial charge in [-0.2, -0.15) is 0 Å². The van der Waals surface area contributed by atoms with Crippen molar-refractivity contribution in [3.8, 4) is 11.5 Å². The molecule has 0 aliphatic carbocycles. The molecule has 1 aliphatic heterocycles. The Hall–Kier alpha value is -3.36. The Bertz CT molecular complexity index is 837. The maximum Gasteiger partial charge on any atom is 0.272 e. The van der Waals surface area contributed by atoms with Crippen molar-refractivity contribution in [1.29, 1.82) is 0 Å². The zero-order chi connectivity index (χ0) is 19.9. The molecule has 3 rings (SSSR count). The van der Waals surface area contributed by atoms with E-state index in [0.717, 1.165) is 12.0 Å². The lowest BCUT2D eigenvalue weighted by Crippen LogP contribution is -2.48. The van der Waals surface area contributed by atoms with Crippen molar-refractivity contribution in [3.63, 3.8) is 0 Å². The van der Waals surface area contributed by atoms with Crippen molar-refractivity contribution in [1.82, 2.24) is 19.8 Å². The number of nitrogens with zero attached hydrogens (tertiary/aromatic N) is 4. The van der Waals surface area contributed by atoms with Gasteiger partial charge in [0.05, 0.1) is 14.2 Å². The average molecular weight is 385 g/mol. The SMILES string of the molecule is COc1ccc(CNc2nccc(C(=O)N3CCN(C=O)CC3)n2)cc1OC. The topological polar surface area (TPSA) is 96.9 Å². The van der Waals surface area contributed by atoms with Crippen LogP contribution in [0.3, 0.4) is 0 Å². The fourth-order valence-corrected chi connectivity index (χ4v) is 2.93. The van der Waals surface area contributed by atoms with Crippen LogP contribution in [0.25, 0.3) is 0 Å². The molecule has 9 nitrogen and oxygen atoms in total. The zero-order valence-electron chi connectivity index (χ0n) is 15.9. The lowest BCUT2D eigenvalue weighted by atomic mass is 10.2. The maximum atomic E-state index is 12.6. The Balaban J connectivity index is 1.63. The van der Waals surface area contributed by atoms with E-state index in [4.69, 9.17) is 9.47 Å². The molecule has 0 atom stereocenters. The van der Waals surface area contributed by atoms with Gasteiger partial charge in [-0.05, 0) is 23.8 Å². The number of hydrogen-bond acceptors (Lipinski definition) is 7. The van der Waals surface area contributed by atoms with Gasteiger partial charge in [-0.3, -0.25) is 9.59 Å². The predicted octanol–water partition coefficient (Wildman–Crippen LogP) is 1.02. The normalized spacial score (nSPS) is 13.8. The highest BCUT2D eigenvalue weighted by Gasteiger charge is 2.22. The Morgan fingerprint density at radius 2 is 1.89 bits per heavy atom. The minimum atomic E-state index is -0.165. The highest BCUT2D eigenvalue weighted by molar-refractivity contribution is 5.92. The molecule has 2 amide bonds. The lowest BCUT2D eigenvalue weighted by Gasteiger charge is -2.32. The molecule has 1 N–H and O–H groups in total. The van der Waals surface area contributed by atoms with Gasteiger partial charge in [-0.1, -0.05) is 6.07 Å². The molecule has 1 saturated heterocycles. The van der Waals surface area contributed by atoms with Gasteiger partial charge in [0.25, 0.3) is 5.91 Å². The van der Waals surface area contributed by atoms with E-state index in [1.54, 1.807) is 36.3 Å². The molecule has 1 aliphatic rings. The molecule has 28 heavy (non-hydrogen) atoms. The summed E-state index contributed by atoms with van der Waals surface area (Å²) in [6.07, 6.45) is 2.36. The maximum absolute atomic E-state index is 12.6. The van der Waals surface area contributed by atoms with E-state index in [2.05, 4.69) is 15.3 Å². The first-order valence-corrected chi connectivity index (χ1v) is 8.91. The summed E-state index contributed by atoms with van der Waals surface area (Å²) in [5, 5.41) is 3.12. The number of amides is 2. The molecule has 148 valence electrons. The molecule has 0 unspecified atom stereocenters. The number of anilines is 1. The van der Waals surface area contributed by atoms with Gasteiger partial charge in [-0.25, -0.2) is 9.97 Å². The van der Waals surface area contributed by atoms with Crippen LogP contribution >= 0.6 is 0 Å². The molecule has 1 aromatic carbocycles. The Morgan fingerprint density at radius 1 is 1.14 bits per heavy atom. The van der Waals surface area contributed by atoms with Gasteiger partial charge in [0, 0.05) is 38.9 Å². The highest BCUT2D eigenvalue weighted by Crippen LogP contribution is 2.27. The van der Waals surface area contributed by atoms with Crippen LogP contribution in [-0.4, -0.2) is 72.5 Å². The number of nitrogens with one attached hydrogen (secondary N) is 1. The summed E-state index contributed by atoms with van der Waals surface area (Å²) in [4.78, 5) is 35.3. The number of rotatable bonds is 7. The van der Waals surface area contributed by atoms with Crippen LogP contribution in [0.1, 0.15) is 16.1 Å². The van der Waals surface area contributed by atoms with Gasteiger partial charge in [0.15, 0.2) is 11.5 Å². The van der Waals surface area contributed by atoms with Gasteiger partial charge in [0.2, 0.25) is 12.4 Å². The quantitative estimate of drug-likeness (QED) is 0.711. The van der Waals surface area contributed by atoms with Crippen molar-refractivity contribution in [2.45, 2.75) is 6.54 Å². The largest absolute Gasteiger partial charge is 0.493 e. The molecular weight excluding hydrogens is 362 g/mol. The van der Waals surface area contributed by atoms with Gasteiger partial charge in [-0.15, -0.1) is 0 Å². The third kappa shape index (κ3) is 4.48. The molecule has 9 heteroatoms. The number of aromatic nitrogens is 2. The van der Waals surface area contributed by atoms with Crippen LogP contribution in [-0.2, 0) is 11.3 Å². The minimum Gasteiger partial charge on any atom is -0.493 e. The van der Waals surface area contributed by atoms with Gasteiger partial charge >= 0.3 is 0 Å². The van der Waals surface area contributed by atoms with E-state index in [-0.39, 0.29) is 5.91 Å². The lowest BCUT2D eigenvalue weighted by molar-refractivity contribution is -0.119. The molecule has 1 fully saturated rings. The summed E-state index contributed by atoms with van der Waals surface area (Å²) in [7, 11) is 3.17. The monoisotopic (exact) mass is 385 g/mol. The summed E-state index contributed by atoms with van der Waals surface area (Å²) in [6, 6.07) is 7.20.